The van der Waals surface area contributed by atoms with Crippen LogP contribution >= 0.6 is 11.3 Å². The number of nitrogens with zero attached hydrogens (tertiary/aromatic N) is 2. The van der Waals surface area contributed by atoms with E-state index in [0.717, 1.165) is 17.0 Å². The van der Waals surface area contributed by atoms with E-state index in [1.807, 2.05) is 47.5 Å². The van der Waals surface area contributed by atoms with E-state index in [2.05, 4.69) is 11.4 Å². The number of hydrogen-bond donors (Lipinski definition) is 1. The maximum Gasteiger partial charge on any atom is 0.234 e. The number of nitriles is 1. The molecule has 1 N–H and O–H groups in total. The van der Waals surface area contributed by atoms with Gasteiger partial charge in [0, 0.05) is 11.4 Å². The SMILES string of the molecule is CCN(CC(=O)NCc1cccs1)Cc1ccccc1C#N. The van der Waals surface area contributed by atoms with E-state index in [9.17, 15) is 4.79 Å². The highest BCUT2D eigenvalue weighted by molar-refractivity contribution is 7.09. The number of hydrogen-bond acceptors (Lipinski definition) is 4. The summed E-state index contributed by atoms with van der Waals surface area (Å²) >= 11 is 1.63. The van der Waals surface area contributed by atoms with Crippen molar-refractivity contribution < 1.29 is 4.79 Å². The largest absolute Gasteiger partial charge is 0.350 e. The first-order chi connectivity index (χ1) is 10.7. The van der Waals surface area contributed by atoms with Gasteiger partial charge in [-0.25, -0.2) is 0 Å². The number of carbonyl (C=O) groups excluding carboxylic acids is 1. The molecule has 0 saturated carbocycles. The summed E-state index contributed by atoms with van der Waals surface area (Å²) in [6, 6.07) is 13.7. The van der Waals surface area contributed by atoms with E-state index in [4.69, 9.17) is 5.26 Å². The Hall–Kier alpha value is -2.16. The molecule has 1 amide bonds. The van der Waals surface area contributed by atoms with Crippen LogP contribution < -0.4 is 5.32 Å². The molecule has 0 saturated heterocycles. The molecule has 1 aromatic carbocycles. The molecule has 1 heterocycles. The Morgan fingerprint density at radius 2 is 2.14 bits per heavy atom. The average molecular weight is 313 g/mol. The van der Waals surface area contributed by atoms with Crippen LogP contribution in [-0.2, 0) is 17.9 Å². The minimum Gasteiger partial charge on any atom is -0.350 e. The van der Waals surface area contributed by atoms with E-state index < -0.39 is 0 Å². The van der Waals surface area contributed by atoms with E-state index in [-0.39, 0.29) is 5.91 Å². The summed E-state index contributed by atoms with van der Waals surface area (Å²) < 4.78 is 0. The molecule has 114 valence electrons. The second-order valence-electron chi connectivity index (χ2n) is 4.93. The normalized spacial score (nSPS) is 10.4. The summed E-state index contributed by atoms with van der Waals surface area (Å²) in [5.41, 5.74) is 1.62. The van der Waals surface area contributed by atoms with Crippen molar-refractivity contribution in [3.05, 3.63) is 57.8 Å². The summed E-state index contributed by atoms with van der Waals surface area (Å²) in [6.07, 6.45) is 0. The van der Waals surface area contributed by atoms with Gasteiger partial charge in [0.25, 0.3) is 0 Å². The first kappa shape index (κ1) is 16.2. The zero-order chi connectivity index (χ0) is 15.8. The average Bonchev–Trinajstić information content (AvgIpc) is 3.06. The number of thiophene rings is 1. The van der Waals surface area contributed by atoms with Crippen molar-refractivity contribution in [3.8, 4) is 6.07 Å². The molecule has 0 unspecified atom stereocenters. The molecular weight excluding hydrogens is 294 g/mol. The highest BCUT2D eigenvalue weighted by atomic mass is 32.1. The molecular formula is C17H19N3OS. The second kappa shape index (κ2) is 8.32. The lowest BCUT2D eigenvalue weighted by Crippen LogP contribution is -2.36. The number of likely N-dealkylation sites (N-methyl/N-ethyl adjacent to an activating group) is 1. The van der Waals surface area contributed by atoms with Crippen molar-refractivity contribution in [2.75, 3.05) is 13.1 Å². The third-order valence-electron chi connectivity index (χ3n) is 3.39. The molecule has 0 aliphatic carbocycles. The van der Waals surface area contributed by atoms with Gasteiger partial charge in [-0.3, -0.25) is 9.69 Å². The van der Waals surface area contributed by atoms with Crippen LogP contribution in [0.4, 0.5) is 0 Å². The van der Waals surface area contributed by atoms with Crippen LogP contribution in [0, 0.1) is 11.3 Å². The van der Waals surface area contributed by atoms with Gasteiger partial charge in [0.1, 0.15) is 0 Å². The Morgan fingerprint density at radius 1 is 1.32 bits per heavy atom. The van der Waals surface area contributed by atoms with Crippen molar-refractivity contribution >= 4 is 17.2 Å². The summed E-state index contributed by atoms with van der Waals surface area (Å²) in [6.45, 7) is 4.28. The molecule has 1 aromatic heterocycles. The van der Waals surface area contributed by atoms with Gasteiger partial charge in [-0.2, -0.15) is 5.26 Å². The van der Waals surface area contributed by atoms with Crippen LogP contribution in [0.15, 0.2) is 41.8 Å². The smallest absolute Gasteiger partial charge is 0.234 e. The van der Waals surface area contributed by atoms with Crippen LogP contribution in [0.2, 0.25) is 0 Å². The van der Waals surface area contributed by atoms with Gasteiger partial charge < -0.3 is 5.32 Å². The van der Waals surface area contributed by atoms with Gasteiger partial charge in [-0.05, 0) is 29.6 Å². The molecule has 0 fully saturated rings. The lowest BCUT2D eigenvalue weighted by atomic mass is 10.1. The monoisotopic (exact) mass is 313 g/mol. The van der Waals surface area contributed by atoms with Crippen molar-refractivity contribution in [3.63, 3.8) is 0 Å². The van der Waals surface area contributed by atoms with Crippen molar-refractivity contribution in [2.45, 2.75) is 20.0 Å². The van der Waals surface area contributed by atoms with Crippen molar-refractivity contribution in [1.29, 1.82) is 5.26 Å². The Kier molecular flexibility index (Phi) is 6.13. The molecule has 0 spiro atoms. The zero-order valence-electron chi connectivity index (χ0n) is 12.6. The van der Waals surface area contributed by atoms with Crippen LogP contribution in [0.3, 0.4) is 0 Å². The van der Waals surface area contributed by atoms with Gasteiger partial charge in [-0.15, -0.1) is 11.3 Å². The Morgan fingerprint density at radius 3 is 2.82 bits per heavy atom. The molecule has 4 nitrogen and oxygen atoms in total. The number of nitrogens with one attached hydrogen (secondary N) is 1. The van der Waals surface area contributed by atoms with Crippen molar-refractivity contribution in [2.24, 2.45) is 0 Å². The topological polar surface area (TPSA) is 56.1 Å². The standard InChI is InChI=1S/C17H19N3OS/c1-2-20(12-15-7-4-3-6-14(15)10-18)13-17(21)19-11-16-8-5-9-22-16/h3-9H,2,11-13H2,1H3,(H,19,21). The lowest BCUT2D eigenvalue weighted by molar-refractivity contribution is -0.122. The Bertz CT molecular complexity index is 646. The summed E-state index contributed by atoms with van der Waals surface area (Å²) in [4.78, 5) is 15.2. The van der Waals surface area contributed by atoms with E-state index in [0.29, 0.717) is 25.2 Å². The van der Waals surface area contributed by atoms with Gasteiger partial charge in [0.15, 0.2) is 0 Å². The third kappa shape index (κ3) is 4.69. The van der Waals surface area contributed by atoms with Crippen LogP contribution in [0.5, 0.6) is 0 Å². The first-order valence-corrected chi connectivity index (χ1v) is 8.10. The fourth-order valence-corrected chi connectivity index (χ4v) is 2.79. The molecule has 0 radical (unpaired) electrons. The van der Waals surface area contributed by atoms with Gasteiger partial charge in [-0.1, -0.05) is 31.2 Å². The van der Waals surface area contributed by atoms with Crippen LogP contribution in [0.1, 0.15) is 22.9 Å². The highest BCUT2D eigenvalue weighted by Crippen LogP contribution is 2.11. The van der Waals surface area contributed by atoms with Crippen LogP contribution in [0.25, 0.3) is 0 Å². The first-order valence-electron chi connectivity index (χ1n) is 7.22. The molecule has 2 rings (SSSR count). The zero-order valence-corrected chi connectivity index (χ0v) is 13.4. The molecule has 0 bridgehead atoms. The number of amides is 1. The maximum atomic E-state index is 12.0. The summed E-state index contributed by atoms with van der Waals surface area (Å²) in [7, 11) is 0. The lowest BCUT2D eigenvalue weighted by Gasteiger charge is -2.20. The molecule has 22 heavy (non-hydrogen) atoms. The van der Waals surface area contributed by atoms with Gasteiger partial charge in [0.05, 0.1) is 24.7 Å². The Labute approximate surface area is 135 Å². The van der Waals surface area contributed by atoms with Crippen LogP contribution in [-0.4, -0.2) is 23.9 Å². The van der Waals surface area contributed by atoms with Crippen molar-refractivity contribution in [1.82, 2.24) is 10.2 Å². The van der Waals surface area contributed by atoms with Gasteiger partial charge in [0.2, 0.25) is 5.91 Å². The quantitative estimate of drug-likeness (QED) is 0.855. The summed E-state index contributed by atoms with van der Waals surface area (Å²) in [5.74, 6) is 0.00434. The molecule has 0 aliphatic rings. The molecule has 2 aromatic rings. The van der Waals surface area contributed by atoms with E-state index in [1.165, 1.54) is 0 Å². The number of carbonyl (C=O) groups is 1. The predicted molar refractivity (Wildman–Crippen MR) is 88.3 cm³/mol. The number of rotatable bonds is 7. The minimum atomic E-state index is 0.00434. The molecule has 5 heteroatoms. The Balaban J connectivity index is 1.89. The highest BCUT2D eigenvalue weighted by Gasteiger charge is 2.11. The van der Waals surface area contributed by atoms with E-state index in [1.54, 1.807) is 17.4 Å². The predicted octanol–water partition coefficient (Wildman–Crippen LogP) is 2.76. The number of benzene rings is 1. The fourth-order valence-electron chi connectivity index (χ4n) is 2.15. The molecule has 0 atom stereocenters. The summed E-state index contributed by atoms with van der Waals surface area (Å²) in [5, 5.41) is 14.1. The fraction of sp³-hybridized carbons (Fsp3) is 0.294. The van der Waals surface area contributed by atoms with Gasteiger partial charge >= 0.3 is 0 Å². The maximum absolute atomic E-state index is 12.0. The molecule has 0 aliphatic heterocycles. The van der Waals surface area contributed by atoms with E-state index >= 15 is 0 Å². The minimum absolute atomic E-state index is 0.00434. The third-order valence-corrected chi connectivity index (χ3v) is 4.26. The second-order valence-corrected chi connectivity index (χ2v) is 5.96.